The molecule has 0 N–H and O–H groups in total. The molecule has 0 aliphatic heterocycles. The third-order valence-corrected chi connectivity index (χ3v) is 13.2. The topological polar surface area (TPSA) is 0 Å². The maximum atomic E-state index is 6.32. The van der Waals surface area contributed by atoms with E-state index in [1.165, 1.54) is 24.0 Å². The van der Waals surface area contributed by atoms with Gasteiger partial charge in [-0.3, -0.25) is 0 Å². The summed E-state index contributed by atoms with van der Waals surface area (Å²) in [5.74, 6) is 0. The molecule has 0 saturated carbocycles. The van der Waals surface area contributed by atoms with Crippen LogP contribution in [-0.2, 0) is 23.3 Å². The molecule has 0 nitrogen and oxygen atoms in total. The van der Waals surface area contributed by atoms with Crippen molar-refractivity contribution < 1.29 is 23.3 Å². The SMILES string of the molecule is [Cl][Hg][c]1sc(-c2ccccc2)cc1-c1ccccc1. The van der Waals surface area contributed by atoms with Crippen LogP contribution in [0.4, 0.5) is 0 Å². The Kier molecular flexibility index (Phi) is 4.36. The molecule has 0 aliphatic carbocycles. The van der Waals surface area contributed by atoms with Crippen molar-refractivity contribution in [3.8, 4) is 21.6 Å². The molecule has 1 heterocycles. The first kappa shape index (κ1) is 13.4. The monoisotopic (exact) mass is 472 g/mol. The fourth-order valence-corrected chi connectivity index (χ4v) is 10.1. The normalized spacial score (nSPS) is 10.2. The van der Waals surface area contributed by atoms with E-state index in [9.17, 15) is 0 Å². The van der Waals surface area contributed by atoms with Crippen LogP contribution in [-0.4, -0.2) is 0 Å². The van der Waals surface area contributed by atoms with Gasteiger partial charge in [-0.15, -0.1) is 0 Å². The van der Waals surface area contributed by atoms with Crippen LogP contribution in [0.1, 0.15) is 0 Å². The summed E-state index contributed by atoms with van der Waals surface area (Å²) in [6.07, 6.45) is 0. The van der Waals surface area contributed by atoms with Crippen molar-refractivity contribution in [3.63, 3.8) is 0 Å². The molecule has 3 heteroatoms. The molecule has 3 rings (SSSR count). The molecular weight excluding hydrogens is 460 g/mol. The average Bonchev–Trinajstić information content (AvgIpc) is 2.93. The fourth-order valence-electron chi connectivity index (χ4n) is 2.13. The van der Waals surface area contributed by atoms with E-state index in [-0.39, 0.29) is 0 Å². The molecule has 0 saturated heterocycles. The Labute approximate surface area is 132 Å². The third kappa shape index (κ3) is 2.94. The van der Waals surface area contributed by atoms with Crippen LogP contribution in [0.3, 0.4) is 0 Å². The zero-order valence-corrected chi connectivity index (χ0v) is 17.4. The van der Waals surface area contributed by atoms with E-state index in [4.69, 9.17) is 8.25 Å². The van der Waals surface area contributed by atoms with Crippen molar-refractivity contribution >= 4 is 22.0 Å². The number of halogens is 1. The van der Waals surface area contributed by atoms with Crippen molar-refractivity contribution in [1.82, 2.24) is 0 Å². The van der Waals surface area contributed by atoms with Gasteiger partial charge >= 0.3 is 134 Å². The first-order valence-corrected chi connectivity index (χ1v) is 16.5. The summed E-state index contributed by atoms with van der Waals surface area (Å²) >= 11 is 0.460. The molecule has 0 spiro atoms. The summed E-state index contributed by atoms with van der Waals surface area (Å²) in [6.45, 7) is 0. The summed E-state index contributed by atoms with van der Waals surface area (Å²) in [5.41, 5.74) is 3.92. The first-order chi connectivity index (χ1) is 9.38. The second-order valence-corrected chi connectivity index (χ2v) is 13.6. The molecular formula is C16H11ClHgS. The molecule has 0 atom stereocenters. The Morgan fingerprint density at radius 2 is 1.37 bits per heavy atom. The Bertz CT molecular complexity index is 662. The van der Waals surface area contributed by atoms with Gasteiger partial charge in [0.2, 0.25) is 0 Å². The number of hydrogen-bond acceptors (Lipinski definition) is 1. The average molecular weight is 471 g/mol. The Hall–Kier alpha value is -0.635. The molecule has 0 unspecified atom stereocenters. The fraction of sp³-hybridized carbons (Fsp3) is 0. The van der Waals surface area contributed by atoms with Crippen LogP contribution >= 0.6 is 19.6 Å². The Morgan fingerprint density at radius 1 is 0.789 bits per heavy atom. The van der Waals surface area contributed by atoms with E-state index in [2.05, 4.69) is 66.7 Å². The minimum atomic E-state index is -1.41. The number of benzene rings is 2. The molecule has 0 amide bonds. The van der Waals surface area contributed by atoms with Crippen molar-refractivity contribution in [1.29, 1.82) is 0 Å². The van der Waals surface area contributed by atoms with Crippen LogP contribution < -0.4 is 2.39 Å². The predicted molar refractivity (Wildman–Crippen MR) is 80.7 cm³/mol. The molecule has 1 aromatic heterocycles. The molecule has 0 fully saturated rings. The van der Waals surface area contributed by atoms with Gasteiger partial charge in [0, 0.05) is 0 Å². The van der Waals surface area contributed by atoms with Gasteiger partial charge in [-0.25, -0.2) is 0 Å². The summed E-state index contributed by atoms with van der Waals surface area (Å²) in [5, 5.41) is 0. The van der Waals surface area contributed by atoms with Gasteiger partial charge in [0.15, 0.2) is 0 Å². The van der Waals surface area contributed by atoms with Crippen molar-refractivity contribution in [2.45, 2.75) is 0 Å². The van der Waals surface area contributed by atoms with Gasteiger partial charge in [0.05, 0.1) is 0 Å². The van der Waals surface area contributed by atoms with E-state index in [1.54, 1.807) is 0 Å². The van der Waals surface area contributed by atoms with E-state index in [0.717, 1.165) is 0 Å². The van der Waals surface area contributed by atoms with Gasteiger partial charge in [0.1, 0.15) is 0 Å². The van der Waals surface area contributed by atoms with Crippen molar-refractivity contribution in [3.05, 3.63) is 66.7 Å². The molecule has 90 valence electrons. The Balaban J connectivity index is 2.09. The van der Waals surface area contributed by atoms with Crippen LogP contribution in [0.15, 0.2) is 66.7 Å². The first-order valence-electron chi connectivity index (χ1n) is 6.18. The zero-order valence-electron chi connectivity index (χ0n) is 10.3. The van der Waals surface area contributed by atoms with Crippen LogP contribution in [0.25, 0.3) is 21.6 Å². The third-order valence-electron chi connectivity index (χ3n) is 3.07. The predicted octanol–water partition coefficient (Wildman–Crippen LogP) is 4.94. The quantitative estimate of drug-likeness (QED) is 0.475. The summed E-state index contributed by atoms with van der Waals surface area (Å²) in [6, 6.07) is 23.4. The minimum absolute atomic E-state index is 1.29. The maximum absolute atomic E-state index is 6.32. The summed E-state index contributed by atoms with van der Waals surface area (Å²) < 4.78 is 1.45. The van der Waals surface area contributed by atoms with Gasteiger partial charge in [0.25, 0.3) is 0 Å². The van der Waals surface area contributed by atoms with Gasteiger partial charge < -0.3 is 0 Å². The summed E-state index contributed by atoms with van der Waals surface area (Å²) in [7, 11) is 6.32. The van der Waals surface area contributed by atoms with E-state index < -0.39 is 23.3 Å². The van der Waals surface area contributed by atoms with Crippen LogP contribution in [0.5, 0.6) is 0 Å². The van der Waals surface area contributed by atoms with Crippen molar-refractivity contribution in [2.75, 3.05) is 0 Å². The summed E-state index contributed by atoms with van der Waals surface area (Å²) in [4.78, 5) is 1.33. The van der Waals surface area contributed by atoms with Crippen LogP contribution in [0, 0.1) is 0 Å². The second-order valence-electron chi connectivity index (χ2n) is 4.31. The molecule has 0 aliphatic rings. The van der Waals surface area contributed by atoms with E-state index >= 15 is 0 Å². The molecule has 2 aromatic carbocycles. The number of thiophene rings is 1. The van der Waals surface area contributed by atoms with Gasteiger partial charge in [-0.1, -0.05) is 0 Å². The van der Waals surface area contributed by atoms with Crippen molar-refractivity contribution in [2.24, 2.45) is 0 Å². The van der Waals surface area contributed by atoms with Gasteiger partial charge in [-0.05, 0) is 0 Å². The zero-order chi connectivity index (χ0) is 13.1. The standard InChI is InChI=1S/C16H11S.ClH.Hg/c1-3-7-13(8-4-1)15-11-16(17-12-15)14-9-5-2-6-10-14;;/h1-11H;1H;/q;;+1/p-1. The molecule has 0 radical (unpaired) electrons. The number of rotatable bonds is 3. The molecule has 19 heavy (non-hydrogen) atoms. The van der Waals surface area contributed by atoms with Crippen LogP contribution in [0.2, 0.25) is 0 Å². The molecule has 0 bridgehead atoms. The second kappa shape index (κ2) is 6.21. The van der Waals surface area contributed by atoms with E-state index in [1.807, 2.05) is 11.3 Å². The number of hydrogen-bond donors (Lipinski definition) is 0. The Morgan fingerprint density at radius 3 is 1.95 bits per heavy atom. The van der Waals surface area contributed by atoms with E-state index in [0.29, 0.717) is 0 Å². The van der Waals surface area contributed by atoms with Gasteiger partial charge in [-0.2, -0.15) is 0 Å². The molecule has 3 aromatic rings.